The van der Waals surface area contributed by atoms with Gasteiger partial charge in [0.15, 0.2) is 0 Å². The Balaban J connectivity index is 0.00000401. The average Bonchev–Trinajstić information content (AvgIpc) is 3.61. The third-order valence-corrected chi connectivity index (χ3v) is 8.39. The summed E-state index contributed by atoms with van der Waals surface area (Å²) in [6.45, 7) is 11.0. The SMILES string of the molecule is CCCc1nn(-c2[c-]c(Oc3[c-]c4c(cc3)c3ccccc3n4-c3cc(C)ccn3)cc(OC)c2)c(C(C)(C)C)c1-c1ccccc1.[Pt+2]. The van der Waals surface area contributed by atoms with Crippen LogP contribution < -0.4 is 9.47 Å². The van der Waals surface area contributed by atoms with Crippen molar-refractivity contribution in [2.24, 2.45) is 0 Å². The summed E-state index contributed by atoms with van der Waals surface area (Å²) >= 11 is 0. The van der Waals surface area contributed by atoms with E-state index in [9.17, 15) is 0 Å². The van der Waals surface area contributed by atoms with E-state index in [0.29, 0.717) is 17.2 Å². The van der Waals surface area contributed by atoms with Gasteiger partial charge in [-0.2, -0.15) is 11.2 Å². The van der Waals surface area contributed by atoms with Crippen LogP contribution in [0.1, 0.15) is 51.1 Å². The van der Waals surface area contributed by atoms with E-state index in [-0.39, 0.29) is 26.5 Å². The maximum atomic E-state index is 6.53. The van der Waals surface area contributed by atoms with Gasteiger partial charge in [0.05, 0.1) is 18.5 Å². The molecule has 0 atom stereocenters. The third-order valence-electron chi connectivity index (χ3n) is 8.39. The summed E-state index contributed by atoms with van der Waals surface area (Å²) in [4.78, 5) is 4.71. The molecule has 6 nitrogen and oxygen atoms in total. The molecular weight excluding hydrogens is 776 g/mol. The minimum absolute atomic E-state index is 0. The Kier molecular flexibility index (Phi) is 9.31. The van der Waals surface area contributed by atoms with Gasteiger partial charge < -0.3 is 14.0 Å². The second-order valence-electron chi connectivity index (χ2n) is 12.9. The van der Waals surface area contributed by atoms with Gasteiger partial charge in [0.25, 0.3) is 0 Å². The quantitative estimate of drug-likeness (QED) is 0.144. The van der Waals surface area contributed by atoms with Gasteiger partial charge in [-0.1, -0.05) is 94.2 Å². The molecule has 0 saturated carbocycles. The molecule has 0 radical (unpaired) electrons. The molecule has 4 aromatic carbocycles. The van der Waals surface area contributed by atoms with Crippen LogP contribution in [0.5, 0.6) is 17.2 Å². The van der Waals surface area contributed by atoms with Crippen molar-refractivity contribution < 1.29 is 30.5 Å². The first-order valence-electron chi connectivity index (χ1n) is 16.1. The molecule has 0 amide bonds. The van der Waals surface area contributed by atoms with Crippen LogP contribution in [0, 0.1) is 19.1 Å². The topological polar surface area (TPSA) is 54.1 Å². The van der Waals surface area contributed by atoms with E-state index in [1.54, 1.807) is 7.11 Å². The maximum Gasteiger partial charge on any atom is 2.00 e. The van der Waals surface area contributed by atoms with Gasteiger partial charge in [0.1, 0.15) is 5.82 Å². The van der Waals surface area contributed by atoms with E-state index in [2.05, 4.69) is 112 Å². The number of methoxy groups -OCH3 is 1. The molecule has 7 rings (SSSR count). The van der Waals surface area contributed by atoms with Gasteiger partial charge >= 0.3 is 21.1 Å². The van der Waals surface area contributed by atoms with Gasteiger partial charge in [-0.3, -0.25) is 4.68 Å². The van der Waals surface area contributed by atoms with Gasteiger partial charge in [0.2, 0.25) is 0 Å². The fourth-order valence-corrected chi connectivity index (χ4v) is 6.37. The molecule has 7 aromatic rings. The van der Waals surface area contributed by atoms with E-state index in [0.717, 1.165) is 68.7 Å². The molecule has 48 heavy (non-hydrogen) atoms. The van der Waals surface area contributed by atoms with Crippen LogP contribution in [-0.2, 0) is 32.9 Å². The van der Waals surface area contributed by atoms with Crippen molar-refractivity contribution in [1.29, 1.82) is 0 Å². The van der Waals surface area contributed by atoms with Gasteiger partial charge in [-0.25, -0.2) is 4.98 Å². The first-order chi connectivity index (χ1) is 22.7. The Hall–Kier alpha value is -4.67. The van der Waals surface area contributed by atoms with Crippen LogP contribution >= 0.6 is 0 Å². The molecule has 0 aliphatic heterocycles. The minimum atomic E-state index is -0.210. The number of aryl methyl sites for hydroxylation is 2. The molecule has 0 unspecified atom stereocenters. The number of aromatic nitrogens is 4. The summed E-state index contributed by atoms with van der Waals surface area (Å²) < 4.78 is 16.5. The summed E-state index contributed by atoms with van der Waals surface area (Å²) in [6.07, 6.45) is 3.70. The van der Waals surface area contributed by atoms with E-state index in [1.165, 1.54) is 5.56 Å². The summed E-state index contributed by atoms with van der Waals surface area (Å²) in [7, 11) is 1.67. The summed E-state index contributed by atoms with van der Waals surface area (Å²) in [5.41, 5.74) is 8.16. The largest absolute Gasteiger partial charge is 2.00 e. The van der Waals surface area contributed by atoms with Crippen molar-refractivity contribution in [3.8, 4) is 39.9 Å². The number of fused-ring (bicyclic) bond motifs is 3. The van der Waals surface area contributed by atoms with Crippen molar-refractivity contribution in [2.45, 2.75) is 52.9 Å². The number of rotatable bonds is 8. The van der Waals surface area contributed by atoms with E-state index in [1.807, 2.05) is 41.2 Å². The Bertz CT molecular complexity index is 2230. The molecule has 7 heteroatoms. The predicted octanol–water partition coefficient (Wildman–Crippen LogP) is 9.99. The first-order valence-corrected chi connectivity index (χ1v) is 16.1. The maximum absolute atomic E-state index is 6.53. The molecule has 0 bridgehead atoms. The standard InChI is InChI=1S/C41H38N4O2.Pt/c1-7-13-35-39(28-14-9-8-10-15-28)40(41(3,4)5)45(43-35)29-23-31(46-6)25-32(24-29)47-30-18-19-34-33-16-11-12-17-36(33)44(37(34)26-30)38-22-27(2)20-21-42-38;/h8-12,14-23,25H,7,13H2,1-6H3;/q-2;+2. The molecule has 244 valence electrons. The number of pyridine rings is 1. The van der Waals surface area contributed by atoms with Crippen molar-refractivity contribution in [2.75, 3.05) is 7.11 Å². The fourth-order valence-electron chi connectivity index (χ4n) is 6.37. The van der Waals surface area contributed by atoms with Crippen molar-refractivity contribution in [1.82, 2.24) is 19.3 Å². The molecule has 0 aliphatic carbocycles. The second kappa shape index (κ2) is 13.4. The number of hydrogen-bond acceptors (Lipinski definition) is 4. The predicted molar refractivity (Wildman–Crippen MR) is 189 cm³/mol. The van der Waals surface area contributed by atoms with Crippen LogP contribution in [0.15, 0.2) is 97.2 Å². The zero-order valence-electron chi connectivity index (χ0n) is 28.1. The normalized spacial score (nSPS) is 11.5. The zero-order valence-corrected chi connectivity index (χ0v) is 30.3. The van der Waals surface area contributed by atoms with E-state index >= 15 is 0 Å². The molecule has 0 fully saturated rings. The molecule has 3 aromatic heterocycles. The van der Waals surface area contributed by atoms with Crippen molar-refractivity contribution >= 4 is 21.8 Å². The number of hydrogen-bond donors (Lipinski definition) is 0. The van der Waals surface area contributed by atoms with Crippen LogP contribution in [-0.4, -0.2) is 26.4 Å². The van der Waals surface area contributed by atoms with Crippen LogP contribution in [0.3, 0.4) is 0 Å². The molecule has 3 heterocycles. The summed E-state index contributed by atoms with van der Waals surface area (Å²) in [5.74, 6) is 2.57. The smallest absolute Gasteiger partial charge is 0.522 e. The number of benzene rings is 4. The Morgan fingerprint density at radius 1 is 0.833 bits per heavy atom. The van der Waals surface area contributed by atoms with Crippen molar-refractivity contribution in [3.63, 3.8) is 0 Å². The van der Waals surface area contributed by atoms with Crippen LogP contribution in [0.2, 0.25) is 0 Å². The Labute approximate surface area is 296 Å². The van der Waals surface area contributed by atoms with Crippen LogP contribution in [0.25, 0.3) is 44.4 Å². The first kappa shape index (κ1) is 33.2. The molecule has 0 saturated heterocycles. The van der Waals surface area contributed by atoms with Gasteiger partial charge in [0, 0.05) is 39.9 Å². The number of ether oxygens (including phenoxy) is 2. The van der Waals surface area contributed by atoms with E-state index < -0.39 is 0 Å². The molecule has 0 spiro atoms. The monoisotopic (exact) mass is 813 g/mol. The van der Waals surface area contributed by atoms with Gasteiger partial charge in [-0.05, 0) is 53.7 Å². The fraction of sp³-hybridized carbons (Fsp3) is 0.220. The summed E-state index contributed by atoms with van der Waals surface area (Å²) in [6, 6.07) is 37.9. The van der Waals surface area contributed by atoms with Crippen LogP contribution in [0.4, 0.5) is 0 Å². The molecular formula is C41H38N4O2Pt. The van der Waals surface area contributed by atoms with Gasteiger partial charge in [-0.15, -0.1) is 29.7 Å². The second-order valence-corrected chi connectivity index (χ2v) is 12.9. The zero-order chi connectivity index (χ0) is 32.7. The Morgan fingerprint density at radius 3 is 2.33 bits per heavy atom. The average molecular weight is 814 g/mol. The number of nitrogens with zero attached hydrogens (tertiary/aromatic N) is 4. The molecule has 0 N–H and O–H groups in total. The number of para-hydroxylation sites is 1. The van der Waals surface area contributed by atoms with Crippen molar-refractivity contribution in [3.05, 3.63) is 126 Å². The minimum Gasteiger partial charge on any atom is -0.522 e. The summed E-state index contributed by atoms with van der Waals surface area (Å²) in [5, 5.41) is 7.42. The third kappa shape index (κ3) is 6.18. The van der Waals surface area contributed by atoms with E-state index in [4.69, 9.17) is 19.6 Å². The Morgan fingerprint density at radius 2 is 1.60 bits per heavy atom. The molecule has 0 aliphatic rings.